The monoisotopic (exact) mass is 275 g/mol. The lowest BCUT2D eigenvalue weighted by atomic mass is 10.1. The van der Waals surface area contributed by atoms with E-state index in [1.807, 2.05) is 36.4 Å². The van der Waals surface area contributed by atoms with Gasteiger partial charge >= 0.3 is 0 Å². The van der Waals surface area contributed by atoms with Gasteiger partial charge in [-0.25, -0.2) is 0 Å². The molecule has 2 aromatic carbocycles. The second-order valence-electron chi connectivity index (χ2n) is 4.74. The number of nitrogens with zero attached hydrogens (tertiary/aromatic N) is 1. The number of halogens is 1. The molecule has 0 aliphatic rings. The van der Waals surface area contributed by atoms with Crippen LogP contribution in [0.15, 0.2) is 48.5 Å². The molecule has 2 nitrogen and oxygen atoms in total. The fourth-order valence-corrected chi connectivity index (χ4v) is 2.23. The van der Waals surface area contributed by atoms with Crippen LogP contribution in [-0.2, 0) is 19.7 Å². The van der Waals surface area contributed by atoms with E-state index in [4.69, 9.17) is 16.7 Å². The quantitative estimate of drug-likeness (QED) is 0.903. The summed E-state index contributed by atoms with van der Waals surface area (Å²) >= 11 is 6.16. The van der Waals surface area contributed by atoms with Crippen LogP contribution in [-0.4, -0.2) is 17.1 Å². The minimum Gasteiger partial charge on any atom is -0.392 e. The van der Waals surface area contributed by atoms with Crippen LogP contribution in [0.1, 0.15) is 16.7 Å². The van der Waals surface area contributed by atoms with E-state index in [1.165, 1.54) is 5.56 Å². The molecule has 100 valence electrons. The van der Waals surface area contributed by atoms with Crippen LogP contribution in [0.25, 0.3) is 0 Å². The zero-order valence-electron chi connectivity index (χ0n) is 11.0. The van der Waals surface area contributed by atoms with Crippen LogP contribution >= 0.6 is 11.6 Å². The zero-order valence-corrected chi connectivity index (χ0v) is 11.8. The highest BCUT2D eigenvalue weighted by Gasteiger charge is 2.04. The lowest BCUT2D eigenvalue weighted by molar-refractivity contribution is 0.281. The SMILES string of the molecule is CN(Cc1ccc(CO)cc1)Cc1ccccc1Cl. The summed E-state index contributed by atoms with van der Waals surface area (Å²) in [4.78, 5) is 2.22. The number of benzene rings is 2. The van der Waals surface area contributed by atoms with Gasteiger partial charge in [-0.05, 0) is 29.8 Å². The van der Waals surface area contributed by atoms with E-state index < -0.39 is 0 Å². The Bertz CT molecular complexity index is 525. The van der Waals surface area contributed by atoms with Crippen molar-refractivity contribution >= 4 is 11.6 Å². The predicted molar refractivity (Wildman–Crippen MR) is 79.0 cm³/mol. The molecule has 0 aliphatic heterocycles. The van der Waals surface area contributed by atoms with Crippen molar-refractivity contribution in [3.05, 3.63) is 70.2 Å². The second-order valence-corrected chi connectivity index (χ2v) is 5.15. The molecule has 3 heteroatoms. The van der Waals surface area contributed by atoms with Gasteiger partial charge in [0.2, 0.25) is 0 Å². The molecular formula is C16H18ClNO. The Morgan fingerprint density at radius 3 is 2.21 bits per heavy atom. The summed E-state index contributed by atoms with van der Waals surface area (Å²) in [6.45, 7) is 1.77. The van der Waals surface area contributed by atoms with Crippen LogP contribution in [0.3, 0.4) is 0 Å². The molecule has 0 amide bonds. The standard InChI is InChI=1S/C16H18ClNO/c1-18(11-15-4-2-3-5-16(15)17)10-13-6-8-14(12-19)9-7-13/h2-9,19H,10-12H2,1H3. The van der Waals surface area contributed by atoms with Crippen molar-refractivity contribution in [2.75, 3.05) is 7.05 Å². The third-order valence-electron chi connectivity index (χ3n) is 3.06. The predicted octanol–water partition coefficient (Wildman–Crippen LogP) is 3.46. The van der Waals surface area contributed by atoms with Crippen LogP contribution in [0.2, 0.25) is 5.02 Å². The Labute approximate surface area is 119 Å². The molecular weight excluding hydrogens is 258 g/mol. The normalized spacial score (nSPS) is 10.9. The van der Waals surface area contributed by atoms with Crippen LogP contribution in [0.5, 0.6) is 0 Å². The maximum atomic E-state index is 9.01. The van der Waals surface area contributed by atoms with E-state index in [2.05, 4.69) is 24.1 Å². The first-order chi connectivity index (χ1) is 9.19. The van der Waals surface area contributed by atoms with Gasteiger partial charge in [0, 0.05) is 18.1 Å². The number of aliphatic hydroxyl groups is 1. The van der Waals surface area contributed by atoms with E-state index >= 15 is 0 Å². The third kappa shape index (κ3) is 4.06. The minimum atomic E-state index is 0.0930. The van der Waals surface area contributed by atoms with Crippen LogP contribution in [0.4, 0.5) is 0 Å². The van der Waals surface area contributed by atoms with Gasteiger partial charge in [-0.15, -0.1) is 0 Å². The summed E-state index contributed by atoms with van der Waals surface area (Å²) in [5, 5.41) is 9.82. The first-order valence-corrected chi connectivity index (χ1v) is 6.67. The van der Waals surface area contributed by atoms with Gasteiger partial charge in [0.05, 0.1) is 6.61 Å². The molecule has 0 saturated carbocycles. The molecule has 0 heterocycles. The molecule has 0 spiro atoms. The van der Waals surface area contributed by atoms with Crippen molar-refractivity contribution in [1.82, 2.24) is 4.90 Å². The topological polar surface area (TPSA) is 23.5 Å². The molecule has 0 fully saturated rings. The number of hydrogen-bond acceptors (Lipinski definition) is 2. The molecule has 0 saturated heterocycles. The minimum absolute atomic E-state index is 0.0930. The Kier molecular flexibility index (Phi) is 4.97. The summed E-state index contributed by atoms with van der Waals surface area (Å²) in [5.41, 5.74) is 3.31. The summed E-state index contributed by atoms with van der Waals surface area (Å²) in [7, 11) is 2.07. The largest absolute Gasteiger partial charge is 0.392 e. The Morgan fingerprint density at radius 1 is 0.947 bits per heavy atom. The number of hydrogen-bond donors (Lipinski definition) is 1. The number of rotatable bonds is 5. The average molecular weight is 276 g/mol. The van der Waals surface area contributed by atoms with Gasteiger partial charge in [0.1, 0.15) is 0 Å². The van der Waals surface area contributed by atoms with Crippen molar-refractivity contribution < 1.29 is 5.11 Å². The van der Waals surface area contributed by atoms with Gasteiger partial charge in [-0.2, -0.15) is 0 Å². The van der Waals surface area contributed by atoms with Gasteiger partial charge in [0.25, 0.3) is 0 Å². The van der Waals surface area contributed by atoms with E-state index in [1.54, 1.807) is 0 Å². The molecule has 0 unspecified atom stereocenters. The molecule has 1 N–H and O–H groups in total. The first-order valence-electron chi connectivity index (χ1n) is 6.29. The first kappa shape index (κ1) is 14.1. The van der Waals surface area contributed by atoms with E-state index in [-0.39, 0.29) is 6.61 Å². The lowest BCUT2D eigenvalue weighted by Crippen LogP contribution is -2.17. The molecule has 0 aliphatic carbocycles. The highest BCUT2D eigenvalue weighted by atomic mass is 35.5. The average Bonchev–Trinajstić information content (AvgIpc) is 2.42. The fraction of sp³-hybridized carbons (Fsp3) is 0.250. The van der Waals surface area contributed by atoms with Crippen molar-refractivity contribution in [1.29, 1.82) is 0 Å². The smallest absolute Gasteiger partial charge is 0.0681 e. The van der Waals surface area contributed by atoms with Gasteiger partial charge in [-0.3, -0.25) is 4.90 Å². The Balaban J connectivity index is 1.97. The summed E-state index contributed by atoms with van der Waals surface area (Å²) in [6.07, 6.45) is 0. The zero-order chi connectivity index (χ0) is 13.7. The molecule has 0 bridgehead atoms. The Hall–Kier alpha value is -1.35. The molecule has 2 aromatic rings. The maximum Gasteiger partial charge on any atom is 0.0681 e. The van der Waals surface area contributed by atoms with E-state index in [0.717, 1.165) is 29.2 Å². The van der Waals surface area contributed by atoms with Crippen molar-refractivity contribution in [2.24, 2.45) is 0 Å². The molecule has 19 heavy (non-hydrogen) atoms. The second kappa shape index (κ2) is 6.71. The maximum absolute atomic E-state index is 9.01. The lowest BCUT2D eigenvalue weighted by Gasteiger charge is -2.17. The molecule has 0 atom stereocenters. The highest BCUT2D eigenvalue weighted by molar-refractivity contribution is 6.31. The third-order valence-corrected chi connectivity index (χ3v) is 3.42. The van der Waals surface area contributed by atoms with Gasteiger partial charge in [0.15, 0.2) is 0 Å². The number of aliphatic hydroxyl groups excluding tert-OH is 1. The Morgan fingerprint density at radius 2 is 1.58 bits per heavy atom. The van der Waals surface area contributed by atoms with E-state index in [0.29, 0.717) is 0 Å². The summed E-state index contributed by atoms with van der Waals surface area (Å²) < 4.78 is 0. The van der Waals surface area contributed by atoms with Gasteiger partial charge < -0.3 is 5.11 Å². The summed E-state index contributed by atoms with van der Waals surface area (Å²) in [6, 6.07) is 15.9. The van der Waals surface area contributed by atoms with Crippen LogP contribution < -0.4 is 0 Å². The van der Waals surface area contributed by atoms with Crippen molar-refractivity contribution in [2.45, 2.75) is 19.7 Å². The highest BCUT2D eigenvalue weighted by Crippen LogP contribution is 2.17. The molecule has 0 aromatic heterocycles. The van der Waals surface area contributed by atoms with Crippen LogP contribution in [0, 0.1) is 0 Å². The van der Waals surface area contributed by atoms with E-state index in [9.17, 15) is 0 Å². The summed E-state index contributed by atoms with van der Waals surface area (Å²) in [5.74, 6) is 0. The van der Waals surface area contributed by atoms with Crippen molar-refractivity contribution in [3.8, 4) is 0 Å². The molecule has 2 rings (SSSR count). The molecule has 0 radical (unpaired) electrons. The van der Waals surface area contributed by atoms with Gasteiger partial charge in [-0.1, -0.05) is 54.1 Å². The van der Waals surface area contributed by atoms with Crippen molar-refractivity contribution in [3.63, 3.8) is 0 Å². The fourth-order valence-electron chi connectivity index (χ4n) is 2.04.